The zero-order valence-corrected chi connectivity index (χ0v) is 6.67. The van der Waals surface area contributed by atoms with Crippen LogP contribution in [0.25, 0.3) is 0 Å². The van der Waals surface area contributed by atoms with Crippen molar-refractivity contribution >= 4 is 17.3 Å². The molecule has 1 aromatic rings. The second-order valence-corrected chi connectivity index (χ2v) is 2.22. The molecule has 0 aliphatic rings. The molecule has 4 nitrogen and oxygen atoms in total. The Morgan fingerprint density at radius 2 is 2.36 bits per heavy atom. The Morgan fingerprint density at radius 3 is 2.82 bits per heavy atom. The Kier molecular flexibility index (Phi) is 2.64. The fourth-order valence-electron chi connectivity index (χ4n) is 0.638. The van der Waals surface area contributed by atoms with Crippen LogP contribution in [0.5, 0.6) is 5.88 Å². The van der Waals surface area contributed by atoms with Crippen molar-refractivity contribution in [2.45, 2.75) is 0 Å². The van der Waals surface area contributed by atoms with E-state index in [4.69, 9.17) is 21.5 Å². The fourth-order valence-corrected chi connectivity index (χ4v) is 0.833. The molecule has 0 radical (unpaired) electrons. The number of nitrogens with two attached hydrogens (primary N) is 1. The molecule has 0 saturated carbocycles. The highest BCUT2D eigenvalue weighted by molar-refractivity contribution is 6.31. The normalized spacial score (nSPS) is 9.73. The van der Waals surface area contributed by atoms with Gasteiger partial charge in [-0.25, -0.2) is 5.21 Å². The maximum atomic E-state index is 8.59. The largest absolute Gasteiger partial charge is 0.481 e. The topological polar surface area (TPSA) is 59.0 Å². The third kappa shape index (κ3) is 1.80. The second-order valence-electron chi connectivity index (χ2n) is 1.86. The summed E-state index contributed by atoms with van der Waals surface area (Å²) in [7, 11) is 1.50. The molecular formula is C6H8ClN2O2+. The van der Waals surface area contributed by atoms with Gasteiger partial charge in [-0.05, 0) is 0 Å². The summed E-state index contributed by atoms with van der Waals surface area (Å²) in [6, 6.07) is 3.24. The van der Waals surface area contributed by atoms with Gasteiger partial charge in [-0.1, -0.05) is 11.6 Å². The molecule has 0 unspecified atom stereocenters. The standard InChI is InChI=1S/C6H7ClN2O2/c1-11-5-3-2-4(9-10)6(7)8-5/h2-3,9-10H,1H3/p+1. The molecule has 0 atom stereocenters. The Morgan fingerprint density at radius 1 is 1.64 bits per heavy atom. The number of hydrogen-bond acceptors (Lipinski definition) is 3. The van der Waals surface area contributed by atoms with Gasteiger partial charge >= 0.3 is 0 Å². The van der Waals surface area contributed by atoms with Gasteiger partial charge in [-0.3, -0.25) is 0 Å². The maximum absolute atomic E-state index is 8.59. The van der Waals surface area contributed by atoms with Crippen molar-refractivity contribution in [3.8, 4) is 5.88 Å². The summed E-state index contributed by atoms with van der Waals surface area (Å²) in [5.74, 6) is 0.431. The molecule has 5 heteroatoms. The number of aromatic nitrogens is 1. The predicted molar refractivity (Wildman–Crippen MR) is 39.2 cm³/mol. The first-order valence-corrected chi connectivity index (χ1v) is 3.33. The van der Waals surface area contributed by atoms with E-state index in [1.54, 1.807) is 12.1 Å². The smallest absolute Gasteiger partial charge is 0.214 e. The lowest BCUT2D eigenvalue weighted by molar-refractivity contribution is -0.825. The van der Waals surface area contributed by atoms with Crippen molar-refractivity contribution in [2.75, 3.05) is 7.11 Å². The van der Waals surface area contributed by atoms with E-state index >= 15 is 0 Å². The number of halogens is 1. The average molecular weight is 176 g/mol. The third-order valence-corrected chi connectivity index (χ3v) is 1.50. The van der Waals surface area contributed by atoms with E-state index in [0.717, 1.165) is 5.48 Å². The predicted octanol–water partition coefficient (Wildman–Crippen LogP) is 0.328. The highest BCUT2D eigenvalue weighted by atomic mass is 35.5. The highest BCUT2D eigenvalue weighted by Crippen LogP contribution is 2.17. The van der Waals surface area contributed by atoms with E-state index in [1.165, 1.54) is 7.11 Å². The number of nitrogens with zero attached hydrogens (tertiary/aromatic N) is 1. The van der Waals surface area contributed by atoms with Crippen LogP contribution >= 0.6 is 11.6 Å². The van der Waals surface area contributed by atoms with Crippen LogP contribution in [0.4, 0.5) is 5.69 Å². The summed E-state index contributed by atoms with van der Waals surface area (Å²) < 4.78 is 4.80. The Bertz CT molecular complexity index is 254. The van der Waals surface area contributed by atoms with Crippen molar-refractivity contribution in [1.82, 2.24) is 4.98 Å². The monoisotopic (exact) mass is 175 g/mol. The first kappa shape index (κ1) is 8.26. The maximum Gasteiger partial charge on any atom is 0.214 e. The molecule has 0 saturated heterocycles. The third-order valence-electron chi connectivity index (χ3n) is 1.20. The summed E-state index contributed by atoms with van der Waals surface area (Å²) in [6.07, 6.45) is 0. The van der Waals surface area contributed by atoms with Crippen molar-refractivity contribution in [2.24, 2.45) is 0 Å². The Hall–Kier alpha value is -0.840. The fraction of sp³-hybridized carbons (Fsp3) is 0.167. The lowest BCUT2D eigenvalue weighted by atomic mass is 10.4. The van der Waals surface area contributed by atoms with Crippen LogP contribution in [0.3, 0.4) is 0 Å². The van der Waals surface area contributed by atoms with Crippen molar-refractivity contribution < 1.29 is 15.4 Å². The summed E-state index contributed by atoms with van der Waals surface area (Å²) in [5.41, 5.74) is 1.38. The van der Waals surface area contributed by atoms with E-state index in [9.17, 15) is 0 Å². The van der Waals surface area contributed by atoms with Crippen LogP contribution in [0, 0.1) is 0 Å². The van der Waals surface area contributed by atoms with Crippen LogP contribution in [0.15, 0.2) is 12.1 Å². The molecule has 1 heterocycles. The van der Waals surface area contributed by atoms with Gasteiger partial charge in [0.1, 0.15) is 0 Å². The Balaban J connectivity index is 2.99. The number of pyridine rings is 1. The number of methoxy groups -OCH3 is 1. The van der Waals surface area contributed by atoms with Gasteiger partial charge in [0.25, 0.3) is 0 Å². The van der Waals surface area contributed by atoms with Gasteiger partial charge in [0.15, 0.2) is 10.8 Å². The molecule has 0 bridgehead atoms. The highest BCUT2D eigenvalue weighted by Gasteiger charge is 2.05. The quantitative estimate of drug-likeness (QED) is 0.503. The van der Waals surface area contributed by atoms with E-state index in [0.29, 0.717) is 11.6 Å². The van der Waals surface area contributed by atoms with E-state index in [2.05, 4.69) is 4.98 Å². The van der Waals surface area contributed by atoms with Crippen molar-refractivity contribution in [3.63, 3.8) is 0 Å². The molecule has 60 valence electrons. The van der Waals surface area contributed by atoms with Gasteiger partial charge in [-0.2, -0.15) is 10.5 Å². The molecule has 1 rings (SSSR count). The van der Waals surface area contributed by atoms with E-state index in [-0.39, 0.29) is 5.15 Å². The second kappa shape index (κ2) is 3.52. The zero-order chi connectivity index (χ0) is 8.27. The summed E-state index contributed by atoms with van der Waals surface area (Å²) >= 11 is 5.63. The van der Waals surface area contributed by atoms with Crippen molar-refractivity contribution in [3.05, 3.63) is 17.3 Å². The van der Waals surface area contributed by atoms with Gasteiger partial charge < -0.3 is 4.74 Å². The lowest BCUT2D eigenvalue weighted by Gasteiger charge is -1.98. The molecule has 0 amide bonds. The van der Waals surface area contributed by atoms with Crippen LogP contribution in [-0.2, 0) is 0 Å². The van der Waals surface area contributed by atoms with Crippen LogP contribution in [0.1, 0.15) is 0 Å². The molecular weight excluding hydrogens is 168 g/mol. The van der Waals surface area contributed by atoms with Gasteiger partial charge in [-0.15, -0.1) is 0 Å². The van der Waals surface area contributed by atoms with E-state index < -0.39 is 0 Å². The van der Waals surface area contributed by atoms with Crippen LogP contribution in [-0.4, -0.2) is 17.3 Å². The minimum atomic E-state index is 0.229. The van der Waals surface area contributed by atoms with Crippen LogP contribution < -0.4 is 10.2 Å². The number of quaternary nitrogens is 1. The minimum absolute atomic E-state index is 0.229. The number of hydrogen-bond donors (Lipinski definition) is 2. The summed E-state index contributed by atoms with van der Waals surface area (Å²) in [4.78, 5) is 3.81. The van der Waals surface area contributed by atoms with E-state index in [1.807, 2.05) is 0 Å². The van der Waals surface area contributed by atoms with Crippen LogP contribution in [0.2, 0.25) is 5.15 Å². The number of ether oxygens (including phenoxy) is 1. The molecule has 3 N–H and O–H groups in total. The molecule has 0 aliphatic heterocycles. The first-order chi connectivity index (χ1) is 5.27. The summed E-state index contributed by atoms with van der Waals surface area (Å²) in [5, 5.41) is 8.82. The van der Waals surface area contributed by atoms with Gasteiger partial charge in [0.2, 0.25) is 5.88 Å². The molecule has 0 fully saturated rings. The lowest BCUT2D eigenvalue weighted by Crippen LogP contribution is -2.73. The van der Waals surface area contributed by atoms with Gasteiger partial charge in [0, 0.05) is 12.1 Å². The van der Waals surface area contributed by atoms with Crippen molar-refractivity contribution in [1.29, 1.82) is 0 Å². The molecule has 0 aromatic carbocycles. The minimum Gasteiger partial charge on any atom is -0.481 e. The van der Waals surface area contributed by atoms with Gasteiger partial charge in [0.05, 0.1) is 7.11 Å². The summed E-state index contributed by atoms with van der Waals surface area (Å²) in [6.45, 7) is 0. The zero-order valence-electron chi connectivity index (χ0n) is 5.91. The number of rotatable bonds is 2. The molecule has 1 aromatic heterocycles. The Labute approximate surface area is 68.7 Å². The molecule has 0 spiro atoms. The first-order valence-electron chi connectivity index (χ1n) is 2.96. The molecule has 0 aliphatic carbocycles. The SMILES string of the molecule is COc1ccc([NH2+]O)c(Cl)n1. The molecule has 11 heavy (non-hydrogen) atoms. The average Bonchev–Trinajstić information content (AvgIpc) is 2.04.